The molecule has 1 aromatic rings. The highest BCUT2D eigenvalue weighted by atomic mass is 16.6. The molecule has 0 aliphatic carbocycles. The van der Waals surface area contributed by atoms with Gasteiger partial charge in [-0.1, -0.05) is 12.1 Å². The van der Waals surface area contributed by atoms with Gasteiger partial charge >= 0.3 is 0 Å². The molecule has 2 amide bonds. The fourth-order valence-corrected chi connectivity index (χ4v) is 1.65. The Labute approximate surface area is 95.1 Å². The van der Waals surface area contributed by atoms with Gasteiger partial charge in [-0.05, 0) is 5.56 Å². The van der Waals surface area contributed by atoms with E-state index in [4.69, 9.17) is 5.41 Å². The average molecular weight is 233 g/mol. The predicted molar refractivity (Wildman–Crippen MR) is 56.7 cm³/mol. The molecule has 0 aromatic heterocycles. The highest BCUT2D eigenvalue weighted by Gasteiger charge is 2.38. The number of non-ortho nitro benzene ring substituents is 1. The van der Waals surface area contributed by atoms with E-state index in [9.17, 15) is 19.7 Å². The number of imide groups is 1. The summed E-state index contributed by atoms with van der Waals surface area (Å²) in [7, 11) is 0. The summed E-state index contributed by atoms with van der Waals surface area (Å²) in [5, 5.41) is 20.0. The van der Waals surface area contributed by atoms with E-state index in [1.54, 1.807) is 0 Å². The monoisotopic (exact) mass is 233 g/mol. The van der Waals surface area contributed by atoms with Crippen molar-refractivity contribution in [2.75, 3.05) is 0 Å². The lowest BCUT2D eigenvalue weighted by Gasteiger charge is -2.05. The molecule has 0 radical (unpaired) electrons. The van der Waals surface area contributed by atoms with Gasteiger partial charge in [-0.15, -0.1) is 0 Å². The Morgan fingerprint density at radius 1 is 1.35 bits per heavy atom. The van der Waals surface area contributed by atoms with Gasteiger partial charge in [0.1, 0.15) is 11.6 Å². The first kappa shape index (κ1) is 10.9. The first-order chi connectivity index (χ1) is 8.00. The van der Waals surface area contributed by atoms with Crippen LogP contribution in [0.1, 0.15) is 11.5 Å². The molecular weight excluding hydrogens is 226 g/mol. The predicted octanol–water partition coefficient (Wildman–Crippen LogP) is 0.355. The number of benzene rings is 1. The fraction of sp³-hybridized carbons (Fsp3) is 0.100. The summed E-state index contributed by atoms with van der Waals surface area (Å²) >= 11 is 0. The lowest BCUT2D eigenvalue weighted by atomic mass is 9.95. The summed E-state index contributed by atoms with van der Waals surface area (Å²) < 4.78 is 0. The van der Waals surface area contributed by atoms with Crippen LogP contribution in [0.3, 0.4) is 0 Å². The second-order valence-corrected chi connectivity index (χ2v) is 3.52. The minimum absolute atomic E-state index is 0.178. The zero-order chi connectivity index (χ0) is 12.6. The third kappa shape index (κ3) is 1.78. The van der Waals surface area contributed by atoms with Gasteiger partial charge in [0.25, 0.3) is 11.6 Å². The van der Waals surface area contributed by atoms with E-state index in [-0.39, 0.29) is 11.3 Å². The smallest absolute Gasteiger partial charge is 0.272 e. The third-order valence-electron chi connectivity index (χ3n) is 2.45. The lowest BCUT2D eigenvalue weighted by molar-refractivity contribution is -0.384. The second kappa shape index (κ2) is 3.78. The summed E-state index contributed by atoms with van der Waals surface area (Å²) in [5.41, 5.74) is -0.300. The molecule has 86 valence electrons. The van der Waals surface area contributed by atoms with Gasteiger partial charge < -0.3 is 0 Å². The molecule has 1 aliphatic heterocycles. The SMILES string of the molecule is N=C1C(=O)NC(=O)C1c1cccc([N+](=O)[O-])c1. The summed E-state index contributed by atoms with van der Waals surface area (Å²) in [5.74, 6) is -2.44. The van der Waals surface area contributed by atoms with Crippen LogP contribution < -0.4 is 5.32 Å². The Bertz CT molecular complexity index is 552. The van der Waals surface area contributed by atoms with Crippen LogP contribution in [0.5, 0.6) is 0 Å². The zero-order valence-corrected chi connectivity index (χ0v) is 8.47. The van der Waals surface area contributed by atoms with Crippen molar-refractivity contribution in [3.05, 3.63) is 39.9 Å². The highest BCUT2D eigenvalue weighted by molar-refractivity contribution is 6.51. The molecule has 7 heteroatoms. The molecule has 7 nitrogen and oxygen atoms in total. The molecule has 1 fully saturated rings. The molecule has 1 heterocycles. The maximum Gasteiger partial charge on any atom is 0.272 e. The maximum absolute atomic E-state index is 11.4. The van der Waals surface area contributed by atoms with Crippen molar-refractivity contribution in [1.29, 1.82) is 5.41 Å². The Hall–Kier alpha value is -2.57. The summed E-state index contributed by atoms with van der Waals surface area (Å²) in [6, 6.07) is 5.36. The Balaban J connectivity index is 2.44. The molecule has 1 aliphatic rings. The van der Waals surface area contributed by atoms with Crippen LogP contribution in [0.25, 0.3) is 0 Å². The molecule has 1 unspecified atom stereocenters. The van der Waals surface area contributed by atoms with E-state index in [2.05, 4.69) is 0 Å². The Morgan fingerprint density at radius 2 is 2.06 bits per heavy atom. The van der Waals surface area contributed by atoms with Gasteiger partial charge in [-0.2, -0.15) is 0 Å². The van der Waals surface area contributed by atoms with Gasteiger partial charge in [-0.3, -0.25) is 30.4 Å². The molecule has 1 aromatic carbocycles. The Morgan fingerprint density at radius 3 is 2.59 bits per heavy atom. The maximum atomic E-state index is 11.4. The molecule has 2 N–H and O–H groups in total. The van der Waals surface area contributed by atoms with E-state index in [0.29, 0.717) is 0 Å². The number of nitro benzene ring substituents is 1. The van der Waals surface area contributed by atoms with Crippen molar-refractivity contribution in [2.24, 2.45) is 0 Å². The second-order valence-electron chi connectivity index (χ2n) is 3.52. The summed E-state index contributed by atoms with van der Waals surface area (Å²) in [6.45, 7) is 0. The average Bonchev–Trinajstić information content (AvgIpc) is 2.53. The number of amides is 2. The molecular formula is C10H7N3O4. The number of nitrogens with zero attached hydrogens (tertiary/aromatic N) is 1. The van der Waals surface area contributed by atoms with E-state index in [1.807, 2.05) is 5.32 Å². The number of hydrogen-bond acceptors (Lipinski definition) is 5. The summed E-state index contributed by atoms with van der Waals surface area (Å²) in [4.78, 5) is 32.5. The number of carbonyl (C=O) groups excluding carboxylic acids is 2. The van der Waals surface area contributed by atoms with Crippen LogP contribution in [-0.4, -0.2) is 22.4 Å². The molecule has 0 bridgehead atoms. The van der Waals surface area contributed by atoms with Crippen LogP contribution in [0.2, 0.25) is 0 Å². The van der Waals surface area contributed by atoms with Crippen molar-refractivity contribution in [1.82, 2.24) is 5.32 Å². The number of carbonyl (C=O) groups is 2. The molecule has 1 atom stereocenters. The number of hydrogen-bond donors (Lipinski definition) is 2. The quantitative estimate of drug-likeness (QED) is 0.436. The van der Waals surface area contributed by atoms with Crippen molar-refractivity contribution in [3.63, 3.8) is 0 Å². The van der Waals surface area contributed by atoms with Crippen molar-refractivity contribution < 1.29 is 14.5 Å². The number of rotatable bonds is 2. The minimum Gasteiger partial charge on any atom is -0.299 e. The van der Waals surface area contributed by atoms with Crippen molar-refractivity contribution in [2.45, 2.75) is 5.92 Å². The molecule has 17 heavy (non-hydrogen) atoms. The van der Waals surface area contributed by atoms with Crippen molar-refractivity contribution >= 4 is 23.2 Å². The van der Waals surface area contributed by atoms with Gasteiger partial charge in [0.15, 0.2) is 0 Å². The minimum atomic E-state index is -1.05. The van der Waals surface area contributed by atoms with Crippen molar-refractivity contribution in [3.8, 4) is 0 Å². The fourth-order valence-electron chi connectivity index (χ4n) is 1.65. The number of nitro groups is 1. The highest BCUT2D eigenvalue weighted by Crippen LogP contribution is 2.24. The van der Waals surface area contributed by atoms with E-state index in [1.165, 1.54) is 24.3 Å². The zero-order valence-electron chi connectivity index (χ0n) is 8.47. The van der Waals surface area contributed by atoms with Gasteiger partial charge in [0.05, 0.1) is 4.92 Å². The lowest BCUT2D eigenvalue weighted by Crippen LogP contribution is -2.21. The molecule has 1 saturated heterocycles. The van der Waals surface area contributed by atoms with Gasteiger partial charge in [0, 0.05) is 12.1 Å². The largest absolute Gasteiger partial charge is 0.299 e. The van der Waals surface area contributed by atoms with Crippen LogP contribution in [-0.2, 0) is 9.59 Å². The molecule has 0 spiro atoms. The van der Waals surface area contributed by atoms with Crippen LogP contribution in [0, 0.1) is 15.5 Å². The normalized spacial score (nSPS) is 19.3. The van der Waals surface area contributed by atoms with Crippen LogP contribution in [0.4, 0.5) is 5.69 Å². The standard InChI is InChI=1S/C10H7N3O4/c11-8-7(9(14)12-10(8)15)5-2-1-3-6(4-5)13(16)17/h1-4,7,11H,(H,12,14,15). The summed E-state index contributed by atoms with van der Waals surface area (Å²) in [6.07, 6.45) is 0. The molecule has 0 saturated carbocycles. The number of nitrogens with one attached hydrogen (secondary N) is 2. The van der Waals surface area contributed by atoms with Crippen LogP contribution >= 0.6 is 0 Å². The Kier molecular flexibility index (Phi) is 2.43. The van der Waals surface area contributed by atoms with Gasteiger partial charge in [-0.25, -0.2) is 0 Å². The molecule has 2 rings (SSSR count). The van der Waals surface area contributed by atoms with E-state index >= 15 is 0 Å². The first-order valence-electron chi connectivity index (χ1n) is 4.68. The van der Waals surface area contributed by atoms with Gasteiger partial charge in [0.2, 0.25) is 5.91 Å². The topological polar surface area (TPSA) is 113 Å². The van der Waals surface area contributed by atoms with Crippen LogP contribution in [0.15, 0.2) is 24.3 Å². The van der Waals surface area contributed by atoms with E-state index in [0.717, 1.165) is 0 Å². The third-order valence-corrected chi connectivity index (χ3v) is 2.45. The van der Waals surface area contributed by atoms with E-state index < -0.39 is 28.4 Å². The first-order valence-corrected chi connectivity index (χ1v) is 4.68.